The average Bonchev–Trinajstić information content (AvgIpc) is 3.12. The normalized spacial score (nSPS) is 18.6. The molecular formula is C19H21N5O3. The molecule has 0 radical (unpaired) electrons. The number of nitro groups is 1. The molecule has 0 saturated carbocycles. The summed E-state index contributed by atoms with van der Waals surface area (Å²) in [6, 6.07) is 8.45. The molecule has 2 atom stereocenters. The number of hydrogen-bond donors (Lipinski definition) is 1. The third-order valence-electron chi connectivity index (χ3n) is 5.22. The first-order valence-electron chi connectivity index (χ1n) is 8.98. The molecule has 3 aromatic rings. The SMILES string of the molecule is Cn1ccnc1C(O)C1CCCN(c2ccc3cc([N+](=O)[O-])ccc3n2)C1. The van der Waals surface area contributed by atoms with Gasteiger partial charge >= 0.3 is 0 Å². The van der Waals surface area contributed by atoms with Crippen LogP contribution in [0.1, 0.15) is 24.8 Å². The van der Waals surface area contributed by atoms with Gasteiger partial charge in [-0.3, -0.25) is 10.1 Å². The highest BCUT2D eigenvalue weighted by Gasteiger charge is 2.29. The second-order valence-corrected chi connectivity index (χ2v) is 6.99. The van der Waals surface area contributed by atoms with E-state index in [1.54, 1.807) is 12.3 Å². The molecule has 1 aliphatic heterocycles. The van der Waals surface area contributed by atoms with Gasteiger partial charge in [0, 0.05) is 56.0 Å². The van der Waals surface area contributed by atoms with Gasteiger partial charge in [0.1, 0.15) is 17.7 Å². The number of imidazole rings is 1. The summed E-state index contributed by atoms with van der Waals surface area (Å²) >= 11 is 0. The summed E-state index contributed by atoms with van der Waals surface area (Å²) in [5, 5.41) is 22.4. The molecule has 140 valence electrons. The fourth-order valence-corrected chi connectivity index (χ4v) is 3.74. The molecule has 0 amide bonds. The van der Waals surface area contributed by atoms with E-state index in [9.17, 15) is 15.2 Å². The van der Waals surface area contributed by atoms with Gasteiger partial charge in [-0.05, 0) is 31.0 Å². The Morgan fingerprint density at radius 3 is 2.93 bits per heavy atom. The van der Waals surface area contributed by atoms with Gasteiger partial charge in [-0.2, -0.15) is 0 Å². The fraction of sp³-hybridized carbons (Fsp3) is 0.368. The number of aromatic nitrogens is 3. The maximum atomic E-state index is 10.9. The molecule has 1 aromatic carbocycles. The highest BCUT2D eigenvalue weighted by atomic mass is 16.6. The Morgan fingerprint density at radius 2 is 2.19 bits per heavy atom. The largest absolute Gasteiger partial charge is 0.385 e. The summed E-state index contributed by atoms with van der Waals surface area (Å²) in [5.74, 6) is 1.59. The number of non-ortho nitro benzene ring substituents is 1. The van der Waals surface area contributed by atoms with Crippen molar-refractivity contribution in [2.45, 2.75) is 18.9 Å². The van der Waals surface area contributed by atoms with Crippen molar-refractivity contribution < 1.29 is 10.0 Å². The van der Waals surface area contributed by atoms with Gasteiger partial charge in [-0.1, -0.05) is 0 Å². The second kappa shape index (κ2) is 6.96. The van der Waals surface area contributed by atoms with Crippen molar-refractivity contribution in [1.82, 2.24) is 14.5 Å². The number of aliphatic hydroxyl groups is 1. The van der Waals surface area contributed by atoms with Crippen LogP contribution in [0.5, 0.6) is 0 Å². The van der Waals surface area contributed by atoms with Crippen molar-refractivity contribution in [3.8, 4) is 0 Å². The number of aliphatic hydroxyl groups excluding tert-OH is 1. The van der Waals surface area contributed by atoms with Crippen LogP contribution >= 0.6 is 0 Å². The van der Waals surface area contributed by atoms with E-state index in [-0.39, 0.29) is 11.6 Å². The number of pyridine rings is 1. The molecule has 2 aromatic heterocycles. The smallest absolute Gasteiger partial charge is 0.270 e. The minimum atomic E-state index is -0.615. The van der Waals surface area contributed by atoms with Crippen LogP contribution in [0.25, 0.3) is 10.9 Å². The number of nitrogens with zero attached hydrogens (tertiary/aromatic N) is 5. The molecule has 4 rings (SSSR count). The van der Waals surface area contributed by atoms with E-state index in [2.05, 4.69) is 14.9 Å². The first-order valence-corrected chi connectivity index (χ1v) is 8.98. The Hall–Kier alpha value is -3.00. The molecule has 27 heavy (non-hydrogen) atoms. The van der Waals surface area contributed by atoms with E-state index in [0.29, 0.717) is 12.4 Å². The third-order valence-corrected chi connectivity index (χ3v) is 5.22. The highest BCUT2D eigenvalue weighted by molar-refractivity contribution is 5.82. The predicted molar refractivity (Wildman–Crippen MR) is 102 cm³/mol. The summed E-state index contributed by atoms with van der Waals surface area (Å²) in [5.41, 5.74) is 0.790. The van der Waals surface area contributed by atoms with Crippen molar-refractivity contribution in [3.63, 3.8) is 0 Å². The number of nitro benzene ring substituents is 1. The van der Waals surface area contributed by atoms with Crippen molar-refractivity contribution in [1.29, 1.82) is 0 Å². The summed E-state index contributed by atoms with van der Waals surface area (Å²) in [6.07, 6.45) is 4.82. The first kappa shape index (κ1) is 17.4. The molecule has 1 aliphatic rings. The lowest BCUT2D eigenvalue weighted by Gasteiger charge is -2.35. The molecule has 0 aliphatic carbocycles. The first-order chi connectivity index (χ1) is 13.0. The van der Waals surface area contributed by atoms with Crippen LogP contribution in [-0.4, -0.2) is 37.7 Å². The highest BCUT2D eigenvalue weighted by Crippen LogP contribution is 2.31. The molecule has 8 heteroatoms. The molecule has 1 N–H and O–H groups in total. The van der Waals surface area contributed by atoms with Crippen molar-refractivity contribution in [2.75, 3.05) is 18.0 Å². The molecule has 2 unspecified atom stereocenters. The minimum Gasteiger partial charge on any atom is -0.385 e. The maximum Gasteiger partial charge on any atom is 0.270 e. The Kier molecular flexibility index (Phi) is 4.49. The van der Waals surface area contributed by atoms with E-state index in [0.717, 1.165) is 36.1 Å². The summed E-state index contributed by atoms with van der Waals surface area (Å²) < 4.78 is 1.85. The van der Waals surface area contributed by atoms with Gasteiger partial charge in [0.05, 0.1) is 10.4 Å². The molecule has 1 fully saturated rings. The summed E-state index contributed by atoms with van der Waals surface area (Å²) in [4.78, 5) is 21.6. The number of rotatable bonds is 4. The Labute approximate surface area is 156 Å². The van der Waals surface area contributed by atoms with Gasteiger partial charge in [0.2, 0.25) is 0 Å². The van der Waals surface area contributed by atoms with E-state index >= 15 is 0 Å². The van der Waals surface area contributed by atoms with E-state index in [1.807, 2.05) is 29.9 Å². The predicted octanol–water partition coefficient (Wildman–Crippen LogP) is 2.83. The minimum absolute atomic E-state index is 0.0632. The Balaban J connectivity index is 1.56. The maximum absolute atomic E-state index is 10.9. The molecule has 0 bridgehead atoms. The summed E-state index contributed by atoms with van der Waals surface area (Å²) in [7, 11) is 1.89. The average molecular weight is 367 g/mol. The lowest BCUT2D eigenvalue weighted by atomic mass is 9.92. The van der Waals surface area contributed by atoms with Crippen LogP contribution in [0, 0.1) is 16.0 Å². The topological polar surface area (TPSA) is 97.3 Å². The zero-order valence-electron chi connectivity index (χ0n) is 15.0. The molecule has 1 saturated heterocycles. The van der Waals surface area contributed by atoms with Gasteiger partial charge < -0.3 is 14.6 Å². The number of aryl methyl sites for hydroxylation is 1. The van der Waals surface area contributed by atoms with E-state index in [4.69, 9.17) is 0 Å². The number of fused-ring (bicyclic) bond motifs is 1. The quantitative estimate of drug-likeness (QED) is 0.562. The number of hydrogen-bond acceptors (Lipinski definition) is 6. The lowest BCUT2D eigenvalue weighted by Crippen LogP contribution is -2.38. The Bertz CT molecular complexity index is 986. The lowest BCUT2D eigenvalue weighted by molar-refractivity contribution is -0.384. The van der Waals surface area contributed by atoms with Crippen LogP contribution in [0.15, 0.2) is 42.7 Å². The number of piperidine rings is 1. The van der Waals surface area contributed by atoms with Crippen LogP contribution in [0.3, 0.4) is 0 Å². The Morgan fingerprint density at radius 1 is 1.33 bits per heavy atom. The van der Waals surface area contributed by atoms with Gasteiger partial charge in [-0.25, -0.2) is 9.97 Å². The monoisotopic (exact) mass is 367 g/mol. The number of anilines is 1. The zero-order valence-corrected chi connectivity index (χ0v) is 15.0. The fourth-order valence-electron chi connectivity index (χ4n) is 3.74. The molecular weight excluding hydrogens is 346 g/mol. The number of benzene rings is 1. The van der Waals surface area contributed by atoms with Crippen molar-refractivity contribution in [3.05, 3.63) is 58.7 Å². The molecule has 3 heterocycles. The van der Waals surface area contributed by atoms with E-state index in [1.165, 1.54) is 12.1 Å². The van der Waals surface area contributed by atoms with Gasteiger partial charge in [0.15, 0.2) is 0 Å². The van der Waals surface area contributed by atoms with Crippen LogP contribution in [0.2, 0.25) is 0 Å². The van der Waals surface area contributed by atoms with Crippen LogP contribution in [0.4, 0.5) is 11.5 Å². The summed E-state index contributed by atoms with van der Waals surface area (Å²) in [6.45, 7) is 1.56. The second-order valence-electron chi connectivity index (χ2n) is 6.99. The molecule has 8 nitrogen and oxygen atoms in total. The van der Waals surface area contributed by atoms with Crippen LogP contribution in [-0.2, 0) is 7.05 Å². The zero-order chi connectivity index (χ0) is 19.0. The van der Waals surface area contributed by atoms with Gasteiger partial charge in [-0.15, -0.1) is 0 Å². The standard InChI is InChI=1S/C19H21N5O3/c1-22-10-8-20-19(22)18(25)14-3-2-9-23(12-14)17-7-4-13-11-15(24(26)27)5-6-16(13)21-17/h4-8,10-11,14,18,25H,2-3,9,12H2,1H3. The van der Waals surface area contributed by atoms with Crippen LogP contribution < -0.4 is 4.90 Å². The van der Waals surface area contributed by atoms with Crippen molar-refractivity contribution >= 4 is 22.4 Å². The van der Waals surface area contributed by atoms with Crippen molar-refractivity contribution in [2.24, 2.45) is 13.0 Å². The third kappa shape index (κ3) is 3.35. The molecule has 0 spiro atoms. The van der Waals surface area contributed by atoms with Gasteiger partial charge in [0.25, 0.3) is 5.69 Å². The van der Waals surface area contributed by atoms with E-state index < -0.39 is 11.0 Å².